The highest BCUT2D eigenvalue weighted by Gasteiger charge is 2.45. The van der Waals surface area contributed by atoms with Gasteiger partial charge in [-0.3, -0.25) is 25.0 Å². The zero-order chi connectivity index (χ0) is 37.3. The first-order chi connectivity index (χ1) is 23.7. The predicted octanol–water partition coefficient (Wildman–Crippen LogP) is 6.65. The second-order valence-electron chi connectivity index (χ2n) is 14.8. The van der Waals surface area contributed by atoms with Crippen LogP contribution in [0.4, 0.5) is 44.4 Å². The molecule has 5 rings (SSSR count). The van der Waals surface area contributed by atoms with E-state index in [4.69, 9.17) is 13.9 Å². The normalized spacial score (nSPS) is 20.3. The van der Waals surface area contributed by atoms with Crippen LogP contribution in [0.2, 0.25) is 0 Å². The Morgan fingerprint density at radius 3 is 2.33 bits per heavy atom. The monoisotopic (exact) mass is 721 g/mol. The predicted molar refractivity (Wildman–Crippen MR) is 180 cm³/mol. The Morgan fingerprint density at radius 1 is 0.980 bits per heavy atom. The summed E-state index contributed by atoms with van der Waals surface area (Å²) in [6.45, 7) is 10.7. The smallest absolute Gasteiger partial charge is 0.414 e. The van der Waals surface area contributed by atoms with Crippen LogP contribution in [0.1, 0.15) is 70.3 Å². The van der Waals surface area contributed by atoms with Gasteiger partial charge in [-0.15, -0.1) is 0 Å². The third-order valence-corrected chi connectivity index (χ3v) is 8.07. The van der Waals surface area contributed by atoms with Gasteiger partial charge in [-0.05, 0) is 72.1 Å². The van der Waals surface area contributed by atoms with E-state index in [9.17, 15) is 31.9 Å². The van der Waals surface area contributed by atoms with Crippen molar-refractivity contribution in [2.45, 2.75) is 90.5 Å². The molecular weight excluding hydrogens is 678 g/mol. The van der Waals surface area contributed by atoms with E-state index in [0.29, 0.717) is 25.1 Å². The molecule has 3 atom stereocenters. The van der Waals surface area contributed by atoms with Crippen LogP contribution in [0, 0.1) is 5.92 Å². The van der Waals surface area contributed by atoms with Crippen molar-refractivity contribution < 1.29 is 45.8 Å². The van der Waals surface area contributed by atoms with Crippen molar-refractivity contribution in [1.82, 2.24) is 20.2 Å². The lowest BCUT2D eigenvalue weighted by Gasteiger charge is -2.40. The van der Waals surface area contributed by atoms with Gasteiger partial charge in [0.25, 0.3) is 5.91 Å². The molecule has 2 aliphatic rings. The summed E-state index contributed by atoms with van der Waals surface area (Å²) in [4.78, 5) is 51.2. The first-order valence-corrected chi connectivity index (χ1v) is 16.6. The minimum Gasteiger partial charge on any atom is -0.444 e. The number of carbonyl (C=O) groups excluding carboxylic acids is 3. The van der Waals surface area contributed by atoms with Crippen LogP contribution in [0.25, 0.3) is 11.1 Å². The van der Waals surface area contributed by atoms with Crippen LogP contribution < -0.4 is 20.9 Å². The van der Waals surface area contributed by atoms with E-state index in [-0.39, 0.29) is 53.4 Å². The van der Waals surface area contributed by atoms with Gasteiger partial charge < -0.3 is 29.4 Å². The van der Waals surface area contributed by atoms with E-state index >= 15 is 0 Å². The molecule has 3 amide bonds. The summed E-state index contributed by atoms with van der Waals surface area (Å²) in [6.07, 6.45) is -3.01. The Labute approximate surface area is 292 Å². The molecule has 2 fully saturated rings. The van der Waals surface area contributed by atoms with Crippen LogP contribution in [0.5, 0.6) is 0 Å². The summed E-state index contributed by atoms with van der Waals surface area (Å²) in [5.41, 5.74) is -0.691. The number of alkyl halides is 4. The number of halogens is 4. The Bertz CT molecular complexity index is 1750. The van der Waals surface area contributed by atoms with Gasteiger partial charge >= 0.3 is 18.4 Å². The first kappa shape index (κ1) is 37.6. The van der Waals surface area contributed by atoms with Crippen LogP contribution in [-0.2, 0) is 16.0 Å². The average Bonchev–Trinajstić information content (AvgIpc) is 3.56. The van der Waals surface area contributed by atoms with E-state index < -0.39 is 60.1 Å². The van der Waals surface area contributed by atoms with Gasteiger partial charge in [0, 0.05) is 45.1 Å². The zero-order valence-corrected chi connectivity index (χ0v) is 29.3. The number of rotatable bonds is 7. The number of fused-ring (bicyclic) bond motifs is 1. The van der Waals surface area contributed by atoms with Crippen molar-refractivity contribution in [3.63, 3.8) is 0 Å². The van der Waals surface area contributed by atoms with Gasteiger partial charge in [0.15, 0.2) is 5.58 Å². The van der Waals surface area contributed by atoms with Crippen LogP contribution >= 0.6 is 0 Å². The van der Waals surface area contributed by atoms with Crippen molar-refractivity contribution in [2.75, 3.05) is 41.7 Å². The summed E-state index contributed by atoms with van der Waals surface area (Å²) in [6, 6.07) is 2.16. The topological polar surface area (TPSA) is 151 Å². The van der Waals surface area contributed by atoms with Gasteiger partial charge in [0.1, 0.15) is 28.5 Å². The number of anilines is 3. The number of furan rings is 1. The molecule has 0 radical (unpaired) electrons. The molecule has 278 valence electrons. The number of alkyl carbamates (subject to hydrolysis) is 1. The summed E-state index contributed by atoms with van der Waals surface area (Å²) >= 11 is 0. The quantitative estimate of drug-likeness (QED) is 0.226. The standard InChI is InChI=1S/C34H43F4N7O6/c1-32(2,3)50-30(47)41-22-12-20(34(36,37)38)16-45(18-22)24-7-9-39-14-23(24)42-28(46)26-27-25(49-29(26)43-31(48)51-33(4,5)6)11-19(13-40-27)15-44-10-8-21(35)17-44/h7,9,11,13-14,20-22H,8,10,12,15-18H2,1-6H3,(H,41,47)(H,42,46)(H,43,48)/t20-,21-,22+/m1/s1. The highest BCUT2D eigenvalue weighted by molar-refractivity contribution is 6.16. The number of ether oxygens (including phenoxy) is 2. The SMILES string of the molecule is CC(C)(C)OC(=O)Nc1oc2cc(CN3CC[C@@H](F)C3)cnc2c1C(=O)Nc1cnccc1N1C[C@@H](NC(=O)OC(C)(C)C)C[C@@H](C(F)(F)F)C1. The molecule has 0 aliphatic carbocycles. The number of nitrogens with zero attached hydrogens (tertiary/aromatic N) is 4. The van der Waals surface area contributed by atoms with Crippen molar-refractivity contribution in [3.05, 3.63) is 41.9 Å². The molecule has 0 aromatic carbocycles. The number of piperidine rings is 1. The molecule has 0 saturated carbocycles. The van der Waals surface area contributed by atoms with Gasteiger partial charge in [-0.25, -0.2) is 14.0 Å². The number of hydrogen-bond acceptors (Lipinski definition) is 10. The van der Waals surface area contributed by atoms with E-state index in [1.54, 1.807) is 47.6 Å². The number of hydrogen-bond donors (Lipinski definition) is 3. The number of likely N-dealkylation sites (tertiary alicyclic amines) is 1. The van der Waals surface area contributed by atoms with Crippen molar-refractivity contribution in [2.24, 2.45) is 5.92 Å². The second-order valence-corrected chi connectivity index (χ2v) is 14.8. The average molecular weight is 722 g/mol. The molecule has 3 aromatic rings. The molecule has 13 nitrogen and oxygen atoms in total. The van der Waals surface area contributed by atoms with Crippen LogP contribution in [-0.4, -0.2) is 88.7 Å². The van der Waals surface area contributed by atoms with Crippen molar-refractivity contribution in [3.8, 4) is 0 Å². The van der Waals surface area contributed by atoms with Gasteiger partial charge in [0.2, 0.25) is 5.88 Å². The highest BCUT2D eigenvalue weighted by Crippen LogP contribution is 2.38. The molecule has 0 spiro atoms. The third-order valence-electron chi connectivity index (χ3n) is 8.07. The van der Waals surface area contributed by atoms with Crippen LogP contribution in [0.3, 0.4) is 0 Å². The molecule has 2 aliphatic heterocycles. The lowest BCUT2D eigenvalue weighted by Crippen LogP contribution is -2.54. The van der Waals surface area contributed by atoms with Crippen molar-refractivity contribution >= 4 is 46.5 Å². The van der Waals surface area contributed by atoms with E-state index in [1.807, 2.05) is 4.90 Å². The Balaban J connectivity index is 1.44. The summed E-state index contributed by atoms with van der Waals surface area (Å²) in [7, 11) is 0. The minimum absolute atomic E-state index is 0.0245. The zero-order valence-electron chi connectivity index (χ0n) is 29.3. The lowest BCUT2D eigenvalue weighted by atomic mass is 9.93. The molecule has 3 aromatic heterocycles. The molecule has 51 heavy (non-hydrogen) atoms. The van der Waals surface area contributed by atoms with Gasteiger partial charge in [0.05, 0.1) is 29.5 Å². The summed E-state index contributed by atoms with van der Waals surface area (Å²) < 4.78 is 72.7. The number of amides is 3. The number of carbonyl (C=O) groups is 3. The second kappa shape index (κ2) is 14.5. The lowest BCUT2D eigenvalue weighted by molar-refractivity contribution is -0.177. The van der Waals surface area contributed by atoms with E-state index in [1.165, 1.54) is 29.6 Å². The fraction of sp³-hybridized carbons (Fsp3) is 0.559. The Morgan fingerprint density at radius 2 is 1.69 bits per heavy atom. The molecule has 17 heteroatoms. The highest BCUT2D eigenvalue weighted by atomic mass is 19.4. The maximum atomic E-state index is 14.1. The van der Waals surface area contributed by atoms with Crippen LogP contribution in [0.15, 0.2) is 35.1 Å². The van der Waals surface area contributed by atoms with Gasteiger partial charge in [-0.1, -0.05) is 0 Å². The molecule has 5 heterocycles. The minimum atomic E-state index is -4.58. The molecular formula is C34H43F4N7O6. The number of aromatic nitrogens is 2. The Kier molecular flexibility index (Phi) is 10.7. The Hall–Kier alpha value is -4.67. The first-order valence-electron chi connectivity index (χ1n) is 16.6. The summed E-state index contributed by atoms with van der Waals surface area (Å²) in [5.74, 6) is -2.88. The molecule has 0 unspecified atom stereocenters. The van der Waals surface area contributed by atoms with Crippen molar-refractivity contribution in [1.29, 1.82) is 0 Å². The molecule has 0 bridgehead atoms. The molecule has 3 N–H and O–H groups in total. The number of pyridine rings is 2. The van der Waals surface area contributed by atoms with Gasteiger partial charge in [-0.2, -0.15) is 13.2 Å². The fourth-order valence-corrected chi connectivity index (χ4v) is 6.04. The largest absolute Gasteiger partial charge is 0.444 e. The van der Waals surface area contributed by atoms with E-state index in [2.05, 4.69) is 25.9 Å². The maximum absolute atomic E-state index is 14.1. The van der Waals surface area contributed by atoms with E-state index in [0.717, 1.165) is 0 Å². The summed E-state index contributed by atoms with van der Waals surface area (Å²) in [5, 5.41) is 7.73. The number of nitrogens with one attached hydrogen (secondary N) is 3. The molecule has 2 saturated heterocycles. The maximum Gasteiger partial charge on any atom is 0.414 e. The third kappa shape index (κ3) is 9.98. The fourth-order valence-electron chi connectivity index (χ4n) is 6.04.